The second-order valence-corrected chi connectivity index (χ2v) is 4.27. The van der Waals surface area contributed by atoms with Crippen LogP contribution in [0.25, 0.3) is 0 Å². The molecule has 0 radical (unpaired) electrons. The van der Waals surface area contributed by atoms with Crippen molar-refractivity contribution in [2.24, 2.45) is 0 Å². The van der Waals surface area contributed by atoms with E-state index in [1.54, 1.807) is 4.90 Å². The quantitative estimate of drug-likeness (QED) is 0.921. The first kappa shape index (κ1) is 14.4. The third-order valence-corrected chi connectivity index (χ3v) is 2.68. The van der Waals surface area contributed by atoms with Crippen LogP contribution in [-0.4, -0.2) is 42.0 Å². The summed E-state index contributed by atoms with van der Waals surface area (Å²) in [6, 6.07) is 3.77. The molecular weight excluding hydrogens is 279 g/mol. The number of hydrogen-bond acceptors (Lipinski definition) is 4. The Morgan fingerprint density at radius 2 is 2.20 bits per heavy atom. The van der Waals surface area contributed by atoms with Gasteiger partial charge in [0.25, 0.3) is 0 Å². The molecule has 1 heterocycles. The second-order valence-electron chi connectivity index (χ2n) is 4.27. The highest BCUT2D eigenvalue weighted by molar-refractivity contribution is 5.69. The van der Waals surface area contributed by atoms with Crippen molar-refractivity contribution in [3.63, 3.8) is 0 Å². The van der Waals surface area contributed by atoms with E-state index >= 15 is 0 Å². The summed E-state index contributed by atoms with van der Waals surface area (Å²) in [5.74, 6) is -0.916. The fourth-order valence-corrected chi connectivity index (χ4v) is 1.95. The molecule has 0 unspecified atom stereocenters. The van der Waals surface area contributed by atoms with E-state index in [1.807, 2.05) is 0 Å². The molecule has 0 amide bonds. The molecule has 1 aliphatic heterocycles. The normalized spacial score (nSPS) is 15.9. The van der Waals surface area contributed by atoms with Crippen molar-refractivity contribution in [3.05, 3.63) is 23.8 Å². The van der Waals surface area contributed by atoms with E-state index in [0.717, 1.165) is 0 Å². The van der Waals surface area contributed by atoms with Gasteiger partial charge in [0.2, 0.25) is 0 Å². The molecule has 0 aromatic heterocycles. The van der Waals surface area contributed by atoms with Gasteiger partial charge in [-0.3, -0.25) is 9.69 Å². The average molecular weight is 291 g/mol. The van der Waals surface area contributed by atoms with Crippen LogP contribution in [0.3, 0.4) is 0 Å². The first-order chi connectivity index (χ1) is 9.33. The maximum Gasteiger partial charge on any atom is 0.573 e. The van der Waals surface area contributed by atoms with Crippen molar-refractivity contribution in [2.45, 2.75) is 12.9 Å². The summed E-state index contributed by atoms with van der Waals surface area (Å²) in [6.45, 7) is 0.653. The van der Waals surface area contributed by atoms with Crippen molar-refractivity contribution >= 4 is 5.97 Å². The number of alkyl halides is 3. The standard InChI is InChI=1S/C12H12F3NO4/c13-12(14,15)20-9-1-2-10-8(5-9)6-16(3-4-19-10)7-11(17)18/h1-2,5H,3-4,6-7H2,(H,17,18). The lowest BCUT2D eigenvalue weighted by Gasteiger charge is -2.16. The molecule has 20 heavy (non-hydrogen) atoms. The van der Waals surface area contributed by atoms with E-state index in [9.17, 15) is 18.0 Å². The van der Waals surface area contributed by atoms with Crippen LogP contribution in [0.2, 0.25) is 0 Å². The minimum Gasteiger partial charge on any atom is -0.492 e. The van der Waals surface area contributed by atoms with Crippen LogP contribution in [0.4, 0.5) is 13.2 Å². The average Bonchev–Trinajstić information content (AvgIpc) is 2.47. The number of carboxylic acid groups (broad SMARTS) is 1. The molecule has 0 spiro atoms. The van der Waals surface area contributed by atoms with Crippen molar-refractivity contribution in [1.82, 2.24) is 4.90 Å². The Balaban J connectivity index is 2.18. The number of nitrogens with zero attached hydrogens (tertiary/aromatic N) is 1. The van der Waals surface area contributed by atoms with Crippen LogP contribution in [-0.2, 0) is 11.3 Å². The summed E-state index contributed by atoms with van der Waals surface area (Å²) in [5.41, 5.74) is 0.463. The number of carboxylic acids is 1. The van der Waals surface area contributed by atoms with E-state index in [1.165, 1.54) is 18.2 Å². The highest BCUT2D eigenvalue weighted by Gasteiger charge is 2.31. The Kier molecular flexibility index (Phi) is 4.03. The Morgan fingerprint density at radius 3 is 2.85 bits per heavy atom. The number of carbonyl (C=O) groups is 1. The molecule has 1 aromatic rings. The van der Waals surface area contributed by atoms with Crippen LogP contribution in [0.5, 0.6) is 11.5 Å². The maximum atomic E-state index is 12.2. The van der Waals surface area contributed by atoms with Crippen molar-refractivity contribution in [1.29, 1.82) is 0 Å². The van der Waals surface area contributed by atoms with Crippen molar-refractivity contribution < 1.29 is 32.5 Å². The molecule has 1 aliphatic rings. The van der Waals surface area contributed by atoms with Crippen LogP contribution in [0.15, 0.2) is 18.2 Å². The summed E-state index contributed by atoms with van der Waals surface area (Å²) in [6.07, 6.45) is -4.76. The number of ether oxygens (including phenoxy) is 2. The van der Waals surface area contributed by atoms with Gasteiger partial charge < -0.3 is 14.6 Å². The second kappa shape index (κ2) is 5.58. The summed E-state index contributed by atoms with van der Waals surface area (Å²) in [5, 5.41) is 8.76. The molecule has 8 heteroatoms. The Labute approximate surface area is 112 Å². The van der Waals surface area contributed by atoms with E-state index in [0.29, 0.717) is 17.9 Å². The van der Waals surface area contributed by atoms with Gasteiger partial charge in [-0.1, -0.05) is 0 Å². The van der Waals surface area contributed by atoms with E-state index < -0.39 is 12.3 Å². The Bertz CT molecular complexity index is 504. The van der Waals surface area contributed by atoms with Crippen LogP contribution in [0, 0.1) is 0 Å². The molecule has 2 rings (SSSR count). The first-order valence-corrected chi connectivity index (χ1v) is 5.79. The van der Waals surface area contributed by atoms with Crippen molar-refractivity contribution in [2.75, 3.05) is 19.7 Å². The summed E-state index contributed by atoms with van der Waals surface area (Å²) in [7, 11) is 0. The summed E-state index contributed by atoms with van der Waals surface area (Å²) >= 11 is 0. The fraction of sp³-hybridized carbons (Fsp3) is 0.417. The zero-order valence-corrected chi connectivity index (χ0v) is 10.3. The molecule has 5 nitrogen and oxygen atoms in total. The van der Waals surface area contributed by atoms with Crippen LogP contribution < -0.4 is 9.47 Å². The van der Waals surface area contributed by atoms with Gasteiger partial charge in [-0.15, -0.1) is 13.2 Å². The minimum atomic E-state index is -4.76. The van der Waals surface area contributed by atoms with Gasteiger partial charge in [0.15, 0.2) is 0 Å². The number of benzene rings is 1. The van der Waals surface area contributed by atoms with Gasteiger partial charge in [0, 0.05) is 18.7 Å². The van der Waals surface area contributed by atoms with Gasteiger partial charge in [-0.25, -0.2) is 0 Å². The zero-order chi connectivity index (χ0) is 14.8. The van der Waals surface area contributed by atoms with Crippen molar-refractivity contribution in [3.8, 4) is 11.5 Å². The summed E-state index contributed by atoms with van der Waals surface area (Å²) < 4.78 is 45.7. The molecule has 0 saturated carbocycles. The highest BCUT2D eigenvalue weighted by atomic mass is 19.4. The number of fused-ring (bicyclic) bond motifs is 1. The SMILES string of the molecule is O=C(O)CN1CCOc2ccc(OC(F)(F)F)cc2C1. The molecule has 1 N–H and O–H groups in total. The molecule has 110 valence electrons. The van der Waals surface area contributed by atoms with Crippen LogP contribution >= 0.6 is 0 Å². The van der Waals surface area contributed by atoms with E-state index in [4.69, 9.17) is 9.84 Å². The number of rotatable bonds is 3. The zero-order valence-electron chi connectivity index (χ0n) is 10.3. The lowest BCUT2D eigenvalue weighted by molar-refractivity contribution is -0.274. The predicted molar refractivity (Wildman–Crippen MR) is 61.5 cm³/mol. The molecular formula is C12H12F3NO4. The molecule has 0 aliphatic carbocycles. The Morgan fingerprint density at radius 1 is 1.45 bits per heavy atom. The lowest BCUT2D eigenvalue weighted by Crippen LogP contribution is -2.31. The monoisotopic (exact) mass is 291 g/mol. The summed E-state index contributed by atoms with van der Waals surface area (Å²) in [4.78, 5) is 12.3. The first-order valence-electron chi connectivity index (χ1n) is 5.79. The van der Waals surface area contributed by atoms with Gasteiger partial charge >= 0.3 is 12.3 Å². The molecule has 0 bridgehead atoms. The third kappa shape index (κ3) is 4.02. The molecule has 0 fully saturated rings. The minimum absolute atomic E-state index is 0.191. The molecule has 0 saturated heterocycles. The number of hydrogen-bond donors (Lipinski definition) is 1. The Hall–Kier alpha value is -1.96. The highest BCUT2D eigenvalue weighted by Crippen LogP contribution is 2.30. The van der Waals surface area contributed by atoms with Gasteiger partial charge in [-0.2, -0.15) is 0 Å². The largest absolute Gasteiger partial charge is 0.573 e. The van der Waals surface area contributed by atoms with E-state index in [2.05, 4.69) is 4.74 Å². The van der Waals surface area contributed by atoms with Gasteiger partial charge in [-0.05, 0) is 18.2 Å². The van der Waals surface area contributed by atoms with E-state index in [-0.39, 0.29) is 25.4 Å². The predicted octanol–water partition coefficient (Wildman–Crippen LogP) is 1.86. The van der Waals surface area contributed by atoms with Gasteiger partial charge in [0.1, 0.15) is 18.1 Å². The maximum absolute atomic E-state index is 12.2. The molecule has 0 atom stereocenters. The fourth-order valence-electron chi connectivity index (χ4n) is 1.95. The topological polar surface area (TPSA) is 59.0 Å². The molecule has 1 aromatic carbocycles. The lowest BCUT2D eigenvalue weighted by atomic mass is 10.2. The smallest absolute Gasteiger partial charge is 0.492 e. The van der Waals surface area contributed by atoms with Gasteiger partial charge in [0.05, 0.1) is 6.54 Å². The third-order valence-electron chi connectivity index (χ3n) is 2.68. The number of aliphatic carboxylic acids is 1. The number of halogens is 3. The van der Waals surface area contributed by atoms with Crippen LogP contribution in [0.1, 0.15) is 5.56 Å².